The molecule has 1 fully saturated rings. The van der Waals surface area contributed by atoms with Crippen LogP contribution in [-0.2, 0) is 4.74 Å². The van der Waals surface area contributed by atoms with Gasteiger partial charge in [-0.05, 0) is 64.1 Å². The zero-order valence-electron chi connectivity index (χ0n) is 15.2. The average molecular weight is 440 g/mol. The number of hydrogen-bond donors (Lipinski definition) is 2. The van der Waals surface area contributed by atoms with Gasteiger partial charge in [0.15, 0.2) is 5.96 Å². The number of rotatable bonds is 10. The van der Waals surface area contributed by atoms with Crippen LogP contribution in [0.2, 0.25) is 0 Å². The molecule has 6 heteroatoms. The van der Waals surface area contributed by atoms with Gasteiger partial charge in [0, 0.05) is 26.3 Å². The normalized spacial score (nSPS) is 17.3. The maximum Gasteiger partial charge on any atom is 0.188 e. The van der Waals surface area contributed by atoms with Gasteiger partial charge in [0.2, 0.25) is 0 Å². The van der Waals surface area contributed by atoms with Crippen molar-refractivity contribution in [1.82, 2.24) is 10.2 Å². The van der Waals surface area contributed by atoms with Crippen LogP contribution in [0.3, 0.4) is 0 Å². The van der Waals surface area contributed by atoms with E-state index in [0.717, 1.165) is 38.6 Å². The Morgan fingerprint density at radius 3 is 2.65 bits per heavy atom. The summed E-state index contributed by atoms with van der Waals surface area (Å²) in [6.07, 6.45) is 4.78. The number of nitrogens with zero attached hydrogens (tertiary/aromatic N) is 2. The second-order valence-corrected chi connectivity index (χ2v) is 6.67. The van der Waals surface area contributed by atoms with E-state index in [9.17, 15) is 0 Å². The van der Waals surface area contributed by atoms with Gasteiger partial charge in [-0.2, -0.15) is 0 Å². The van der Waals surface area contributed by atoms with Gasteiger partial charge in [0.05, 0.1) is 0 Å². The van der Waals surface area contributed by atoms with Crippen LogP contribution in [0.25, 0.3) is 0 Å². The fraction of sp³-hybridized carbons (Fsp3) is 0.941. The Hall–Kier alpha value is -0.0800. The van der Waals surface area contributed by atoms with Gasteiger partial charge in [-0.15, -0.1) is 24.0 Å². The number of aliphatic imine (C=N–C) groups is 1. The van der Waals surface area contributed by atoms with Crippen molar-refractivity contribution >= 4 is 29.9 Å². The standard InChI is InChI=1S/C17H36N4O.HI/c1-4-22-13-5-9-19-17(18)20-14-16-7-11-21(12-8-16)10-6-15(2)3;/h15-16H,4-14H2,1-3H3,(H3,18,19,20);1H. The molecule has 0 radical (unpaired) electrons. The maximum absolute atomic E-state index is 5.90. The van der Waals surface area contributed by atoms with Crippen LogP contribution in [0, 0.1) is 11.8 Å². The zero-order chi connectivity index (χ0) is 16.2. The Labute approximate surface area is 159 Å². The number of guanidine groups is 1. The van der Waals surface area contributed by atoms with E-state index in [2.05, 4.69) is 29.1 Å². The molecule has 0 unspecified atom stereocenters. The number of nitrogens with one attached hydrogen (secondary N) is 1. The fourth-order valence-electron chi connectivity index (χ4n) is 2.65. The molecule has 0 amide bonds. The third kappa shape index (κ3) is 12.0. The summed E-state index contributed by atoms with van der Waals surface area (Å²) in [6.45, 7) is 13.5. The number of halogens is 1. The van der Waals surface area contributed by atoms with Crippen LogP contribution in [0.5, 0.6) is 0 Å². The number of hydrogen-bond acceptors (Lipinski definition) is 3. The van der Waals surface area contributed by atoms with Gasteiger partial charge < -0.3 is 20.7 Å². The molecule has 0 aliphatic carbocycles. The number of likely N-dealkylation sites (tertiary alicyclic amines) is 1. The smallest absolute Gasteiger partial charge is 0.188 e. The van der Waals surface area contributed by atoms with Crippen molar-refractivity contribution in [3.05, 3.63) is 0 Å². The van der Waals surface area contributed by atoms with E-state index in [-0.39, 0.29) is 24.0 Å². The van der Waals surface area contributed by atoms with Crippen LogP contribution in [0.1, 0.15) is 46.5 Å². The van der Waals surface area contributed by atoms with Gasteiger partial charge in [0.25, 0.3) is 0 Å². The molecule has 1 heterocycles. The van der Waals surface area contributed by atoms with E-state index >= 15 is 0 Å². The summed E-state index contributed by atoms with van der Waals surface area (Å²) < 4.78 is 5.29. The Morgan fingerprint density at radius 1 is 1.35 bits per heavy atom. The van der Waals surface area contributed by atoms with Crippen LogP contribution >= 0.6 is 24.0 Å². The number of nitrogens with two attached hydrogens (primary N) is 1. The van der Waals surface area contributed by atoms with Crippen molar-refractivity contribution in [2.45, 2.75) is 46.5 Å². The topological polar surface area (TPSA) is 62.9 Å². The van der Waals surface area contributed by atoms with Crippen LogP contribution in [-0.4, -0.2) is 56.8 Å². The molecular weight excluding hydrogens is 403 g/mol. The molecule has 1 saturated heterocycles. The molecule has 0 spiro atoms. The Balaban J connectivity index is 0.00000484. The van der Waals surface area contributed by atoms with Gasteiger partial charge in [0.1, 0.15) is 0 Å². The summed E-state index contributed by atoms with van der Waals surface area (Å²) in [6, 6.07) is 0. The molecule has 1 aliphatic rings. The second-order valence-electron chi connectivity index (χ2n) is 6.67. The Kier molecular flexibility index (Phi) is 14.2. The van der Waals surface area contributed by atoms with Crippen molar-refractivity contribution < 1.29 is 4.74 Å². The minimum atomic E-state index is 0. The summed E-state index contributed by atoms with van der Waals surface area (Å²) in [5.41, 5.74) is 5.90. The Morgan fingerprint density at radius 2 is 2.04 bits per heavy atom. The van der Waals surface area contributed by atoms with Gasteiger partial charge in [-0.1, -0.05) is 13.8 Å². The summed E-state index contributed by atoms with van der Waals surface area (Å²) >= 11 is 0. The van der Waals surface area contributed by atoms with Crippen molar-refractivity contribution in [2.75, 3.05) is 45.9 Å². The van der Waals surface area contributed by atoms with Crippen molar-refractivity contribution in [1.29, 1.82) is 0 Å². The highest BCUT2D eigenvalue weighted by molar-refractivity contribution is 14.0. The van der Waals surface area contributed by atoms with Crippen LogP contribution in [0.15, 0.2) is 4.99 Å². The summed E-state index contributed by atoms with van der Waals surface area (Å²) in [7, 11) is 0. The lowest BCUT2D eigenvalue weighted by Gasteiger charge is -2.31. The monoisotopic (exact) mass is 440 g/mol. The third-order valence-corrected chi connectivity index (χ3v) is 4.23. The molecule has 23 heavy (non-hydrogen) atoms. The molecule has 0 aromatic carbocycles. The lowest BCUT2D eigenvalue weighted by Crippen LogP contribution is -2.37. The lowest BCUT2D eigenvalue weighted by molar-refractivity contribution is 0.145. The molecule has 138 valence electrons. The van der Waals surface area contributed by atoms with Gasteiger partial charge in [-0.25, -0.2) is 0 Å². The highest BCUT2D eigenvalue weighted by atomic mass is 127. The SMILES string of the molecule is CCOCCCNC(N)=NCC1CCN(CCC(C)C)CC1.I. The van der Waals surface area contributed by atoms with Crippen LogP contribution < -0.4 is 11.1 Å². The largest absolute Gasteiger partial charge is 0.382 e. The van der Waals surface area contributed by atoms with Gasteiger partial charge >= 0.3 is 0 Å². The van der Waals surface area contributed by atoms with E-state index in [1.54, 1.807) is 0 Å². The lowest BCUT2D eigenvalue weighted by atomic mass is 9.96. The number of ether oxygens (including phenoxy) is 1. The first-order chi connectivity index (χ1) is 10.6. The van der Waals surface area contributed by atoms with E-state index in [4.69, 9.17) is 10.5 Å². The molecule has 0 aromatic rings. The first kappa shape index (κ1) is 22.9. The molecule has 1 aliphatic heterocycles. The van der Waals surface area contributed by atoms with Crippen molar-refractivity contribution in [3.63, 3.8) is 0 Å². The highest BCUT2D eigenvalue weighted by Gasteiger charge is 2.18. The van der Waals surface area contributed by atoms with E-state index in [0.29, 0.717) is 11.9 Å². The molecule has 1 rings (SSSR count). The van der Waals surface area contributed by atoms with Crippen molar-refractivity contribution in [2.24, 2.45) is 22.6 Å². The van der Waals surface area contributed by atoms with E-state index in [1.165, 1.54) is 38.9 Å². The fourth-order valence-corrected chi connectivity index (χ4v) is 2.65. The van der Waals surface area contributed by atoms with E-state index < -0.39 is 0 Å². The highest BCUT2D eigenvalue weighted by Crippen LogP contribution is 2.18. The molecule has 0 atom stereocenters. The third-order valence-electron chi connectivity index (χ3n) is 4.23. The zero-order valence-corrected chi connectivity index (χ0v) is 17.6. The maximum atomic E-state index is 5.90. The van der Waals surface area contributed by atoms with Crippen LogP contribution in [0.4, 0.5) is 0 Å². The first-order valence-corrected chi connectivity index (χ1v) is 8.95. The molecule has 3 N–H and O–H groups in total. The predicted molar refractivity (Wildman–Crippen MR) is 110 cm³/mol. The molecule has 0 saturated carbocycles. The van der Waals surface area contributed by atoms with Crippen molar-refractivity contribution in [3.8, 4) is 0 Å². The second kappa shape index (κ2) is 14.3. The predicted octanol–water partition coefficient (Wildman–Crippen LogP) is 2.69. The number of piperidine rings is 1. The minimum absolute atomic E-state index is 0. The quantitative estimate of drug-likeness (QED) is 0.237. The molecular formula is C17H37IN4O. The summed E-state index contributed by atoms with van der Waals surface area (Å²) in [5, 5.41) is 3.16. The molecule has 0 bridgehead atoms. The molecule has 0 aromatic heterocycles. The minimum Gasteiger partial charge on any atom is -0.382 e. The summed E-state index contributed by atoms with van der Waals surface area (Å²) in [4.78, 5) is 7.08. The van der Waals surface area contributed by atoms with E-state index in [1.807, 2.05) is 6.92 Å². The first-order valence-electron chi connectivity index (χ1n) is 8.95. The Bertz CT molecular complexity index is 305. The summed E-state index contributed by atoms with van der Waals surface area (Å²) in [5.74, 6) is 2.08. The average Bonchev–Trinajstić information content (AvgIpc) is 2.51. The van der Waals surface area contributed by atoms with Gasteiger partial charge in [-0.3, -0.25) is 4.99 Å². The molecule has 5 nitrogen and oxygen atoms in total.